The predicted molar refractivity (Wildman–Crippen MR) is 135 cm³/mol. The van der Waals surface area contributed by atoms with E-state index in [4.69, 9.17) is 4.74 Å². The first kappa shape index (κ1) is 25.4. The fourth-order valence-electron chi connectivity index (χ4n) is 4.41. The highest BCUT2D eigenvalue weighted by atomic mass is 19.1. The molecule has 0 fully saturated rings. The SMILES string of the molecule is CCCCCCCCc1ccc2c(c1)nc(F)c1cc(OC[C@H](F)CCCCCC)ccc12. The maximum atomic E-state index is 14.9. The number of pyridine rings is 1. The second kappa shape index (κ2) is 13.5. The van der Waals surface area contributed by atoms with Crippen LogP contribution in [0.5, 0.6) is 5.75 Å². The molecule has 0 aliphatic carbocycles. The predicted octanol–water partition coefficient (Wildman–Crippen LogP) is 9.12. The topological polar surface area (TPSA) is 22.1 Å². The number of rotatable bonds is 15. The van der Waals surface area contributed by atoms with Crippen LogP contribution in [0.4, 0.5) is 8.78 Å². The molecule has 0 N–H and O–H groups in total. The molecule has 1 atom stereocenters. The van der Waals surface area contributed by atoms with Crippen molar-refractivity contribution in [2.45, 2.75) is 97.1 Å². The summed E-state index contributed by atoms with van der Waals surface area (Å²) in [7, 11) is 0. The normalized spacial score (nSPS) is 12.5. The van der Waals surface area contributed by atoms with Gasteiger partial charge in [-0.2, -0.15) is 4.39 Å². The zero-order valence-corrected chi connectivity index (χ0v) is 20.3. The van der Waals surface area contributed by atoms with E-state index in [1.165, 1.54) is 37.7 Å². The number of unbranched alkanes of at least 4 members (excludes halogenated alkanes) is 8. The van der Waals surface area contributed by atoms with Crippen molar-refractivity contribution in [1.29, 1.82) is 0 Å². The molecule has 0 aliphatic rings. The van der Waals surface area contributed by atoms with Gasteiger partial charge in [-0.05, 0) is 54.5 Å². The summed E-state index contributed by atoms with van der Waals surface area (Å²) in [5, 5.41) is 2.17. The maximum absolute atomic E-state index is 14.9. The molecule has 0 radical (unpaired) electrons. The van der Waals surface area contributed by atoms with Gasteiger partial charge in [0.05, 0.1) is 5.52 Å². The van der Waals surface area contributed by atoms with Gasteiger partial charge in [0, 0.05) is 10.8 Å². The highest BCUT2D eigenvalue weighted by Crippen LogP contribution is 2.30. The Kier molecular flexibility index (Phi) is 10.4. The van der Waals surface area contributed by atoms with Gasteiger partial charge in [0.15, 0.2) is 0 Å². The maximum Gasteiger partial charge on any atom is 0.221 e. The molecule has 0 unspecified atom stereocenters. The molecule has 0 spiro atoms. The molecule has 0 amide bonds. The molecular weight excluding hydrogens is 416 g/mol. The molecule has 33 heavy (non-hydrogen) atoms. The average Bonchev–Trinajstić information content (AvgIpc) is 2.82. The summed E-state index contributed by atoms with van der Waals surface area (Å²) < 4.78 is 34.6. The number of benzene rings is 2. The summed E-state index contributed by atoms with van der Waals surface area (Å²) in [5.74, 6) is -0.0190. The monoisotopic (exact) mass is 455 g/mol. The molecule has 0 saturated heterocycles. The zero-order chi connectivity index (χ0) is 23.5. The number of alkyl halides is 1. The lowest BCUT2D eigenvalue weighted by molar-refractivity contribution is 0.184. The van der Waals surface area contributed by atoms with Crippen LogP contribution in [-0.2, 0) is 6.42 Å². The van der Waals surface area contributed by atoms with Crippen molar-refractivity contribution in [3.05, 3.63) is 47.9 Å². The van der Waals surface area contributed by atoms with E-state index in [-0.39, 0.29) is 6.61 Å². The van der Waals surface area contributed by atoms with Crippen LogP contribution in [-0.4, -0.2) is 17.8 Å². The Hall–Kier alpha value is -2.23. The highest BCUT2D eigenvalue weighted by molar-refractivity contribution is 6.06. The van der Waals surface area contributed by atoms with Gasteiger partial charge in [0.2, 0.25) is 5.95 Å². The van der Waals surface area contributed by atoms with Gasteiger partial charge < -0.3 is 4.74 Å². The summed E-state index contributed by atoms with van der Waals surface area (Å²) in [4.78, 5) is 4.23. The van der Waals surface area contributed by atoms with Crippen LogP contribution in [0, 0.1) is 5.95 Å². The minimum atomic E-state index is -0.998. The van der Waals surface area contributed by atoms with Gasteiger partial charge in [-0.15, -0.1) is 0 Å². The standard InChI is InChI=1S/C29H39F2NO/c1-3-5-7-9-10-11-13-22-15-17-26-25-18-16-24(20-27(25)29(31)32-28(26)19-22)33-21-23(30)14-12-8-6-4-2/h15-20,23H,3-14,21H2,1-2H3/t23-/m1/s1. The summed E-state index contributed by atoms with van der Waals surface area (Å²) in [5.41, 5.74) is 1.89. The van der Waals surface area contributed by atoms with Crippen LogP contribution in [0.15, 0.2) is 36.4 Å². The third-order valence-corrected chi connectivity index (χ3v) is 6.40. The molecular formula is C29H39F2NO. The van der Waals surface area contributed by atoms with E-state index >= 15 is 0 Å². The Morgan fingerprint density at radius 1 is 0.788 bits per heavy atom. The molecule has 0 aliphatic heterocycles. The Bertz CT molecular complexity index is 1000. The lowest BCUT2D eigenvalue weighted by Gasteiger charge is -2.12. The van der Waals surface area contributed by atoms with E-state index in [0.29, 0.717) is 23.1 Å². The number of hydrogen-bond donors (Lipinski definition) is 0. The van der Waals surface area contributed by atoms with Crippen molar-refractivity contribution in [2.24, 2.45) is 0 Å². The summed E-state index contributed by atoms with van der Waals surface area (Å²) >= 11 is 0. The summed E-state index contributed by atoms with van der Waals surface area (Å²) in [6.45, 7) is 4.37. The molecule has 0 saturated carbocycles. The van der Waals surface area contributed by atoms with Crippen LogP contribution in [0.3, 0.4) is 0 Å². The number of fused-ring (bicyclic) bond motifs is 3. The molecule has 1 aromatic heterocycles. The van der Waals surface area contributed by atoms with E-state index in [2.05, 4.69) is 24.9 Å². The average molecular weight is 456 g/mol. The van der Waals surface area contributed by atoms with Gasteiger partial charge in [0.1, 0.15) is 18.5 Å². The number of halogens is 2. The van der Waals surface area contributed by atoms with Crippen molar-refractivity contribution in [3.63, 3.8) is 0 Å². The molecule has 180 valence electrons. The molecule has 1 heterocycles. The fraction of sp³-hybridized carbons (Fsp3) is 0.552. The fourth-order valence-corrected chi connectivity index (χ4v) is 4.41. The van der Waals surface area contributed by atoms with Gasteiger partial charge >= 0.3 is 0 Å². The number of aryl methyl sites for hydroxylation is 1. The molecule has 4 heteroatoms. The largest absolute Gasteiger partial charge is 0.491 e. The summed E-state index contributed by atoms with van der Waals surface area (Å²) in [6.07, 6.45) is 12.3. The first-order valence-corrected chi connectivity index (χ1v) is 12.9. The van der Waals surface area contributed by atoms with Crippen LogP contribution in [0.2, 0.25) is 0 Å². The second-order valence-electron chi connectivity index (χ2n) is 9.24. The lowest BCUT2D eigenvalue weighted by atomic mass is 10.0. The first-order valence-electron chi connectivity index (χ1n) is 12.9. The van der Waals surface area contributed by atoms with Crippen LogP contribution >= 0.6 is 0 Å². The Balaban J connectivity index is 1.63. The van der Waals surface area contributed by atoms with E-state index in [0.717, 1.165) is 49.3 Å². The van der Waals surface area contributed by atoms with Crippen molar-refractivity contribution >= 4 is 21.7 Å². The molecule has 2 nitrogen and oxygen atoms in total. The smallest absolute Gasteiger partial charge is 0.221 e. The minimum absolute atomic E-state index is 0.00205. The van der Waals surface area contributed by atoms with Gasteiger partial charge in [0.25, 0.3) is 0 Å². The third-order valence-electron chi connectivity index (χ3n) is 6.40. The molecule has 2 aromatic carbocycles. The van der Waals surface area contributed by atoms with Gasteiger partial charge in [-0.25, -0.2) is 9.37 Å². The van der Waals surface area contributed by atoms with E-state index in [1.807, 2.05) is 18.2 Å². The summed E-state index contributed by atoms with van der Waals surface area (Å²) in [6, 6.07) is 11.5. The highest BCUT2D eigenvalue weighted by Gasteiger charge is 2.12. The van der Waals surface area contributed by atoms with Gasteiger partial charge in [-0.1, -0.05) is 83.8 Å². The molecule has 0 bridgehead atoms. The Morgan fingerprint density at radius 2 is 1.48 bits per heavy atom. The first-order chi connectivity index (χ1) is 16.1. The van der Waals surface area contributed by atoms with E-state index < -0.39 is 12.1 Å². The van der Waals surface area contributed by atoms with Crippen LogP contribution < -0.4 is 4.74 Å². The number of ether oxygens (including phenoxy) is 1. The number of aromatic nitrogens is 1. The second-order valence-corrected chi connectivity index (χ2v) is 9.24. The van der Waals surface area contributed by atoms with Gasteiger partial charge in [-0.3, -0.25) is 0 Å². The third kappa shape index (κ3) is 7.65. The molecule has 3 rings (SSSR count). The Labute approximate surface area is 197 Å². The minimum Gasteiger partial charge on any atom is -0.491 e. The van der Waals surface area contributed by atoms with Crippen molar-refractivity contribution in [1.82, 2.24) is 4.98 Å². The van der Waals surface area contributed by atoms with Crippen LogP contribution in [0.1, 0.15) is 90.0 Å². The quantitative estimate of drug-likeness (QED) is 0.129. The Morgan fingerprint density at radius 3 is 2.27 bits per heavy atom. The number of hydrogen-bond acceptors (Lipinski definition) is 2. The van der Waals surface area contributed by atoms with Crippen molar-refractivity contribution in [3.8, 4) is 5.75 Å². The van der Waals surface area contributed by atoms with E-state index in [9.17, 15) is 8.78 Å². The number of nitrogens with zero attached hydrogens (tertiary/aromatic N) is 1. The van der Waals surface area contributed by atoms with E-state index in [1.54, 1.807) is 12.1 Å². The lowest BCUT2D eigenvalue weighted by Crippen LogP contribution is -2.12. The zero-order valence-electron chi connectivity index (χ0n) is 20.3. The van der Waals surface area contributed by atoms with Crippen molar-refractivity contribution in [2.75, 3.05) is 6.61 Å². The van der Waals surface area contributed by atoms with Crippen LogP contribution in [0.25, 0.3) is 21.7 Å². The molecule has 3 aromatic rings. The van der Waals surface area contributed by atoms with Crippen molar-refractivity contribution < 1.29 is 13.5 Å².